The molecule has 21 heavy (non-hydrogen) atoms. The average Bonchev–Trinajstić information content (AvgIpc) is 2.52. The maximum Gasteiger partial charge on any atom is 0.212 e. The first-order chi connectivity index (χ1) is 10.3. The smallest absolute Gasteiger partial charge is 0.212 e. The van der Waals surface area contributed by atoms with Crippen LogP contribution in [-0.2, 0) is 4.79 Å². The quantitative estimate of drug-likeness (QED) is 0.432. The Morgan fingerprint density at radius 1 is 1.10 bits per heavy atom. The third-order valence-corrected chi connectivity index (χ3v) is 4.18. The number of carbonyl (C=O) groups excluding carboxylic acids is 1. The zero-order valence-electron chi connectivity index (χ0n) is 13.1. The molecule has 1 rings (SSSR count). The van der Waals surface area contributed by atoms with Crippen LogP contribution >= 0.6 is 11.8 Å². The third kappa shape index (κ3) is 8.61. The van der Waals surface area contributed by atoms with Gasteiger partial charge in [-0.05, 0) is 30.2 Å². The van der Waals surface area contributed by atoms with Gasteiger partial charge in [0.1, 0.15) is 5.75 Å². The van der Waals surface area contributed by atoms with Crippen molar-refractivity contribution in [3.63, 3.8) is 0 Å². The Morgan fingerprint density at radius 3 is 2.43 bits per heavy atom. The highest BCUT2D eigenvalue weighted by molar-refractivity contribution is 8.14. The van der Waals surface area contributed by atoms with Gasteiger partial charge in [0.05, 0.1) is 7.11 Å². The van der Waals surface area contributed by atoms with Gasteiger partial charge < -0.3 is 4.74 Å². The van der Waals surface area contributed by atoms with Gasteiger partial charge in [0, 0.05) is 5.75 Å². The molecule has 0 fully saturated rings. The number of hydrogen-bond acceptors (Lipinski definition) is 3. The SMILES string of the molecule is CCCCCCCCSC(=O)/C=C/c1ccc(OC)cc1. The van der Waals surface area contributed by atoms with E-state index in [4.69, 9.17) is 4.74 Å². The number of hydrogen-bond donors (Lipinski definition) is 0. The predicted octanol–water partition coefficient (Wildman–Crippen LogP) is 5.33. The molecule has 0 bridgehead atoms. The van der Waals surface area contributed by atoms with E-state index in [2.05, 4.69) is 6.92 Å². The summed E-state index contributed by atoms with van der Waals surface area (Å²) in [6.07, 6.45) is 11.1. The van der Waals surface area contributed by atoms with E-state index < -0.39 is 0 Å². The first-order valence-electron chi connectivity index (χ1n) is 7.75. The molecule has 1 aromatic rings. The molecule has 1 aromatic carbocycles. The van der Waals surface area contributed by atoms with E-state index in [0.717, 1.165) is 23.5 Å². The van der Waals surface area contributed by atoms with Crippen molar-refractivity contribution < 1.29 is 9.53 Å². The molecule has 0 atom stereocenters. The Hall–Kier alpha value is -1.22. The molecule has 0 amide bonds. The lowest BCUT2D eigenvalue weighted by Gasteiger charge is -2.00. The first kappa shape index (κ1) is 17.8. The lowest BCUT2D eigenvalue weighted by molar-refractivity contribution is -0.106. The van der Waals surface area contributed by atoms with E-state index in [0.29, 0.717) is 0 Å². The van der Waals surface area contributed by atoms with Gasteiger partial charge >= 0.3 is 0 Å². The summed E-state index contributed by atoms with van der Waals surface area (Å²) in [5.41, 5.74) is 1.02. The zero-order chi connectivity index (χ0) is 15.3. The van der Waals surface area contributed by atoms with E-state index in [1.807, 2.05) is 30.3 Å². The molecule has 0 aromatic heterocycles. The molecule has 3 heteroatoms. The second-order valence-corrected chi connectivity index (χ2v) is 6.14. The summed E-state index contributed by atoms with van der Waals surface area (Å²) in [6, 6.07) is 7.68. The minimum absolute atomic E-state index is 0.138. The fourth-order valence-electron chi connectivity index (χ4n) is 1.98. The van der Waals surface area contributed by atoms with Crippen LogP contribution in [0.3, 0.4) is 0 Å². The minimum atomic E-state index is 0.138. The van der Waals surface area contributed by atoms with E-state index in [9.17, 15) is 4.79 Å². The van der Waals surface area contributed by atoms with Gasteiger partial charge in [0.15, 0.2) is 0 Å². The van der Waals surface area contributed by atoms with Crippen LogP contribution in [0.25, 0.3) is 6.08 Å². The Morgan fingerprint density at radius 2 is 1.76 bits per heavy atom. The van der Waals surface area contributed by atoms with Gasteiger partial charge in [-0.3, -0.25) is 4.79 Å². The summed E-state index contributed by atoms with van der Waals surface area (Å²) >= 11 is 1.42. The van der Waals surface area contributed by atoms with Crippen LogP contribution in [0.5, 0.6) is 5.75 Å². The van der Waals surface area contributed by atoms with E-state index >= 15 is 0 Å². The van der Waals surface area contributed by atoms with E-state index in [1.54, 1.807) is 13.2 Å². The van der Waals surface area contributed by atoms with Crippen molar-refractivity contribution in [1.29, 1.82) is 0 Å². The number of benzene rings is 1. The number of ether oxygens (including phenoxy) is 1. The van der Waals surface area contributed by atoms with Crippen LogP contribution in [0.2, 0.25) is 0 Å². The number of thioether (sulfide) groups is 1. The monoisotopic (exact) mass is 306 g/mol. The topological polar surface area (TPSA) is 26.3 Å². The molecule has 2 nitrogen and oxygen atoms in total. The fraction of sp³-hybridized carbons (Fsp3) is 0.500. The zero-order valence-corrected chi connectivity index (χ0v) is 14.0. The number of unbranched alkanes of at least 4 members (excludes halogenated alkanes) is 5. The van der Waals surface area contributed by atoms with Crippen molar-refractivity contribution >= 4 is 23.0 Å². The van der Waals surface area contributed by atoms with Crippen LogP contribution in [0.4, 0.5) is 0 Å². The van der Waals surface area contributed by atoms with Crippen LogP contribution < -0.4 is 4.74 Å². The predicted molar refractivity (Wildman–Crippen MR) is 92.9 cm³/mol. The van der Waals surface area contributed by atoms with Crippen molar-refractivity contribution in [2.45, 2.75) is 45.4 Å². The highest BCUT2D eigenvalue weighted by Crippen LogP contribution is 2.14. The molecule has 0 radical (unpaired) electrons. The second-order valence-electron chi connectivity index (χ2n) is 5.04. The lowest BCUT2D eigenvalue weighted by Crippen LogP contribution is -1.89. The molecule has 0 spiro atoms. The van der Waals surface area contributed by atoms with Gasteiger partial charge in [0.25, 0.3) is 0 Å². The fourth-order valence-corrected chi connectivity index (χ4v) is 2.70. The first-order valence-corrected chi connectivity index (χ1v) is 8.73. The van der Waals surface area contributed by atoms with Crippen LogP contribution in [0, 0.1) is 0 Å². The molecule has 0 saturated heterocycles. The van der Waals surface area contributed by atoms with E-state index in [-0.39, 0.29) is 5.12 Å². The average molecular weight is 306 g/mol. The van der Waals surface area contributed by atoms with Crippen LogP contribution in [0.1, 0.15) is 51.0 Å². The number of carbonyl (C=O) groups is 1. The largest absolute Gasteiger partial charge is 0.497 e. The van der Waals surface area contributed by atoms with E-state index in [1.165, 1.54) is 43.9 Å². The van der Waals surface area contributed by atoms with Gasteiger partial charge in [-0.25, -0.2) is 0 Å². The summed E-state index contributed by atoms with van der Waals surface area (Å²) in [6.45, 7) is 2.23. The highest BCUT2D eigenvalue weighted by atomic mass is 32.2. The van der Waals surface area contributed by atoms with Gasteiger partial charge in [-0.2, -0.15) is 0 Å². The Labute approximate surface area is 133 Å². The maximum absolute atomic E-state index is 11.7. The van der Waals surface area contributed by atoms with Gasteiger partial charge in [0.2, 0.25) is 5.12 Å². The summed E-state index contributed by atoms with van der Waals surface area (Å²) in [4.78, 5) is 11.7. The highest BCUT2D eigenvalue weighted by Gasteiger charge is 1.98. The van der Waals surface area contributed by atoms with Gasteiger partial charge in [-0.15, -0.1) is 0 Å². The molecule has 0 aliphatic rings. The van der Waals surface area contributed by atoms with Crippen molar-refractivity contribution in [2.75, 3.05) is 12.9 Å². The van der Waals surface area contributed by atoms with Crippen LogP contribution in [0.15, 0.2) is 30.3 Å². The molecule has 0 unspecified atom stereocenters. The third-order valence-electron chi connectivity index (χ3n) is 3.27. The summed E-state index contributed by atoms with van der Waals surface area (Å²) < 4.78 is 5.10. The molecule has 0 heterocycles. The second kappa shape index (κ2) is 11.4. The molecule has 0 N–H and O–H groups in total. The Kier molecular flexibility index (Phi) is 9.71. The van der Waals surface area contributed by atoms with Crippen molar-refractivity contribution in [1.82, 2.24) is 0 Å². The molecule has 116 valence electrons. The Balaban J connectivity index is 2.16. The molecular weight excluding hydrogens is 280 g/mol. The van der Waals surface area contributed by atoms with Crippen molar-refractivity contribution in [3.05, 3.63) is 35.9 Å². The van der Waals surface area contributed by atoms with Crippen LogP contribution in [-0.4, -0.2) is 18.0 Å². The lowest BCUT2D eigenvalue weighted by atomic mass is 10.1. The molecule has 0 saturated carbocycles. The minimum Gasteiger partial charge on any atom is -0.497 e. The summed E-state index contributed by atoms with van der Waals surface area (Å²) in [5, 5.41) is 0.138. The Bertz CT molecular complexity index is 423. The normalized spacial score (nSPS) is 11.0. The summed E-state index contributed by atoms with van der Waals surface area (Å²) in [7, 11) is 1.65. The number of rotatable bonds is 10. The molecule has 0 aliphatic carbocycles. The molecular formula is C18H26O2S. The standard InChI is InChI=1S/C18H26O2S/c1-3-4-5-6-7-8-15-21-18(19)14-11-16-9-12-17(20-2)13-10-16/h9-14H,3-8,15H2,1-2H3/b14-11+. The van der Waals surface area contributed by atoms with Gasteiger partial charge in [-0.1, -0.05) is 69.0 Å². The molecule has 0 aliphatic heterocycles. The van der Waals surface area contributed by atoms with Crippen molar-refractivity contribution in [3.8, 4) is 5.75 Å². The van der Waals surface area contributed by atoms with Crippen molar-refractivity contribution in [2.24, 2.45) is 0 Å². The summed E-state index contributed by atoms with van der Waals surface area (Å²) in [5.74, 6) is 1.76. The number of methoxy groups -OCH3 is 1. The maximum atomic E-state index is 11.7.